The Morgan fingerprint density at radius 3 is 2.14 bits per heavy atom. The summed E-state index contributed by atoms with van der Waals surface area (Å²) in [6.07, 6.45) is 0. The van der Waals surface area contributed by atoms with E-state index in [4.69, 9.17) is 14.2 Å². The summed E-state index contributed by atoms with van der Waals surface area (Å²) in [6.45, 7) is 3.25. The van der Waals surface area contributed by atoms with Gasteiger partial charge < -0.3 is 19.5 Å². The van der Waals surface area contributed by atoms with Crippen LogP contribution in [0.25, 0.3) is 0 Å². The van der Waals surface area contributed by atoms with E-state index in [0.29, 0.717) is 36.8 Å². The highest BCUT2D eigenvalue weighted by Crippen LogP contribution is 2.21. The fourth-order valence-corrected chi connectivity index (χ4v) is 2.61. The van der Waals surface area contributed by atoms with Gasteiger partial charge in [-0.2, -0.15) is 0 Å². The van der Waals surface area contributed by atoms with E-state index < -0.39 is 0 Å². The highest BCUT2D eigenvalue weighted by molar-refractivity contribution is 6.06. The lowest BCUT2D eigenvalue weighted by molar-refractivity contribution is 0.102. The van der Waals surface area contributed by atoms with Gasteiger partial charge in [0, 0.05) is 5.69 Å². The molecule has 0 aliphatic carbocycles. The van der Waals surface area contributed by atoms with Crippen LogP contribution >= 0.6 is 0 Å². The van der Waals surface area contributed by atoms with Crippen LogP contribution in [0.4, 0.5) is 5.69 Å². The zero-order chi connectivity index (χ0) is 19.6. The molecule has 28 heavy (non-hydrogen) atoms. The number of para-hydroxylation sites is 2. The second-order valence-electron chi connectivity index (χ2n) is 5.92. The van der Waals surface area contributed by atoms with Crippen molar-refractivity contribution in [1.29, 1.82) is 0 Å². The third-order valence-electron chi connectivity index (χ3n) is 3.91. The molecule has 3 aromatic rings. The summed E-state index contributed by atoms with van der Waals surface area (Å²) in [6, 6.07) is 23.9. The number of amides is 1. The van der Waals surface area contributed by atoms with Crippen molar-refractivity contribution >= 4 is 11.6 Å². The standard InChI is InChI=1S/C23H23NO4/c1-2-26-20-14-12-18(13-15-20)24-23(25)21-10-6-7-11-22(21)28-17-16-27-19-8-4-3-5-9-19/h3-15H,2,16-17H2,1H3,(H,24,25). The minimum absolute atomic E-state index is 0.233. The third-order valence-corrected chi connectivity index (χ3v) is 3.91. The highest BCUT2D eigenvalue weighted by Gasteiger charge is 2.12. The van der Waals surface area contributed by atoms with Gasteiger partial charge in [-0.15, -0.1) is 0 Å². The molecule has 1 amide bonds. The first-order valence-corrected chi connectivity index (χ1v) is 9.20. The summed E-state index contributed by atoms with van der Waals surface area (Å²) in [7, 11) is 0. The number of rotatable bonds is 9. The molecule has 0 heterocycles. The van der Waals surface area contributed by atoms with Crippen molar-refractivity contribution in [2.24, 2.45) is 0 Å². The van der Waals surface area contributed by atoms with Crippen molar-refractivity contribution < 1.29 is 19.0 Å². The first-order valence-electron chi connectivity index (χ1n) is 9.20. The van der Waals surface area contributed by atoms with E-state index in [1.165, 1.54) is 0 Å². The summed E-state index contributed by atoms with van der Waals surface area (Å²) < 4.78 is 16.8. The number of nitrogens with one attached hydrogen (secondary N) is 1. The summed E-state index contributed by atoms with van der Waals surface area (Å²) in [4.78, 5) is 12.6. The smallest absolute Gasteiger partial charge is 0.259 e. The van der Waals surface area contributed by atoms with Crippen LogP contribution in [0.3, 0.4) is 0 Å². The Hall–Kier alpha value is -3.47. The number of carbonyl (C=O) groups is 1. The molecule has 0 aromatic heterocycles. The van der Waals surface area contributed by atoms with E-state index in [2.05, 4.69) is 5.32 Å². The Balaban J connectivity index is 1.57. The summed E-state index contributed by atoms with van der Waals surface area (Å²) >= 11 is 0. The van der Waals surface area contributed by atoms with Crippen molar-refractivity contribution in [1.82, 2.24) is 0 Å². The molecule has 3 aromatic carbocycles. The zero-order valence-corrected chi connectivity index (χ0v) is 15.8. The molecule has 0 fully saturated rings. The monoisotopic (exact) mass is 377 g/mol. The van der Waals surface area contributed by atoms with Crippen LogP contribution in [0.1, 0.15) is 17.3 Å². The Kier molecular flexibility index (Phi) is 6.90. The minimum Gasteiger partial charge on any atom is -0.494 e. The molecule has 3 rings (SSSR count). The molecule has 0 aliphatic heterocycles. The van der Waals surface area contributed by atoms with Crippen LogP contribution in [0.15, 0.2) is 78.9 Å². The summed E-state index contributed by atoms with van der Waals surface area (Å²) in [5.41, 5.74) is 1.16. The predicted octanol–water partition coefficient (Wildman–Crippen LogP) is 4.80. The van der Waals surface area contributed by atoms with Gasteiger partial charge in [0.1, 0.15) is 30.5 Å². The molecule has 0 unspecified atom stereocenters. The van der Waals surface area contributed by atoms with Gasteiger partial charge in [0.15, 0.2) is 0 Å². The van der Waals surface area contributed by atoms with Crippen LogP contribution in [-0.4, -0.2) is 25.7 Å². The Morgan fingerprint density at radius 2 is 1.39 bits per heavy atom. The lowest BCUT2D eigenvalue weighted by Crippen LogP contribution is -2.15. The zero-order valence-electron chi connectivity index (χ0n) is 15.8. The molecule has 0 saturated carbocycles. The van der Waals surface area contributed by atoms with Crippen LogP contribution < -0.4 is 19.5 Å². The number of hydrogen-bond donors (Lipinski definition) is 1. The number of ether oxygens (including phenoxy) is 3. The average molecular weight is 377 g/mol. The fourth-order valence-electron chi connectivity index (χ4n) is 2.61. The SMILES string of the molecule is CCOc1ccc(NC(=O)c2ccccc2OCCOc2ccccc2)cc1. The molecule has 0 bridgehead atoms. The molecule has 0 radical (unpaired) electrons. The maximum Gasteiger partial charge on any atom is 0.259 e. The lowest BCUT2D eigenvalue weighted by Gasteiger charge is -2.12. The van der Waals surface area contributed by atoms with Crippen molar-refractivity contribution in [3.63, 3.8) is 0 Å². The largest absolute Gasteiger partial charge is 0.494 e. The highest BCUT2D eigenvalue weighted by atomic mass is 16.5. The molecule has 5 heteroatoms. The maximum atomic E-state index is 12.6. The van der Waals surface area contributed by atoms with Crippen LogP contribution in [-0.2, 0) is 0 Å². The van der Waals surface area contributed by atoms with E-state index in [1.54, 1.807) is 30.3 Å². The summed E-state index contributed by atoms with van der Waals surface area (Å²) in [5, 5.41) is 2.88. The van der Waals surface area contributed by atoms with Crippen LogP contribution in [0.5, 0.6) is 17.2 Å². The maximum absolute atomic E-state index is 12.6. The van der Waals surface area contributed by atoms with Gasteiger partial charge in [-0.1, -0.05) is 30.3 Å². The van der Waals surface area contributed by atoms with Gasteiger partial charge in [-0.3, -0.25) is 4.79 Å². The quantitative estimate of drug-likeness (QED) is 0.545. The molecule has 5 nitrogen and oxygen atoms in total. The van der Waals surface area contributed by atoms with Gasteiger partial charge in [0.2, 0.25) is 0 Å². The number of benzene rings is 3. The number of anilines is 1. The Bertz CT molecular complexity index is 879. The molecule has 0 saturated heterocycles. The molecular weight excluding hydrogens is 354 g/mol. The van der Waals surface area contributed by atoms with Gasteiger partial charge in [-0.25, -0.2) is 0 Å². The van der Waals surface area contributed by atoms with Gasteiger partial charge in [0.25, 0.3) is 5.91 Å². The average Bonchev–Trinajstić information content (AvgIpc) is 2.74. The van der Waals surface area contributed by atoms with E-state index in [0.717, 1.165) is 11.5 Å². The van der Waals surface area contributed by atoms with Crippen molar-refractivity contribution in [2.75, 3.05) is 25.1 Å². The van der Waals surface area contributed by atoms with Crippen molar-refractivity contribution in [3.05, 3.63) is 84.4 Å². The molecule has 1 N–H and O–H groups in total. The molecule has 144 valence electrons. The normalized spacial score (nSPS) is 10.2. The minimum atomic E-state index is -0.233. The second-order valence-corrected chi connectivity index (χ2v) is 5.92. The van der Waals surface area contributed by atoms with Gasteiger partial charge in [0.05, 0.1) is 12.2 Å². The molecule has 0 spiro atoms. The topological polar surface area (TPSA) is 56.8 Å². The van der Waals surface area contributed by atoms with E-state index >= 15 is 0 Å². The number of carbonyl (C=O) groups excluding carboxylic acids is 1. The Labute approximate surface area is 164 Å². The van der Waals surface area contributed by atoms with Gasteiger partial charge >= 0.3 is 0 Å². The van der Waals surface area contributed by atoms with Crippen LogP contribution in [0, 0.1) is 0 Å². The molecule has 0 aliphatic rings. The van der Waals surface area contributed by atoms with Gasteiger partial charge in [-0.05, 0) is 55.5 Å². The molecule has 0 atom stereocenters. The Morgan fingerprint density at radius 1 is 0.750 bits per heavy atom. The number of hydrogen-bond acceptors (Lipinski definition) is 4. The summed E-state index contributed by atoms with van der Waals surface area (Å²) in [5.74, 6) is 1.83. The first kappa shape index (κ1) is 19.3. The van der Waals surface area contributed by atoms with E-state index in [9.17, 15) is 4.79 Å². The third kappa shape index (κ3) is 5.51. The second kappa shape index (κ2) is 10.0. The van der Waals surface area contributed by atoms with Crippen LogP contribution in [0.2, 0.25) is 0 Å². The lowest BCUT2D eigenvalue weighted by atomic mass is 10.2. The van der Waals surface area contributed by atoms with Crippen molar-refractivity contribution in [3.8, 4) is 17.2 Å². The molecular formula is C23H23NO4. The predicted molar refractivity (Wildman–Crippen MR) is 109 cm³/mol. The fraction of sp³-hybridized carbons (Fsp3) is 0.174. The van der Waals surface area contributed by atoms with Crippen molar-refractivity contribution in [2.45, 2.75) is 6.92 Å². The first-order chi connectivity index (χ1) is 13.8. The van der Waals surface area contributed by atoms with E-state index in [-0.39, 0.29) is 5.91 Å². The van der Waals surface area contributed by atoms with E-state index in [1.807, 2.05) is 55.5 Å².